The normalized spacial score (nSPS) is 15.8. The highest BCUT2D eigenvalue weighted by Gasteiger charge is 2.24. The molecule has 1 aliphatic carbocycles. The number of rotatable bonds is 5. The van der Waals surface area contributed by atoms with Crippen molar-refractivity contribution in [3.63, 3.8) is 0 Å². The predicted octanol–water partition coefficient (Wildman–Crippen LogP) is 4.75. The van der Waals surface area contributed by atoms with Gasteiger partial charge < -0.3 is 11.1 Å². The molecule has 0 bridgehead atoms. The monoisotopic (exact) mass is 344 g/mol. The van der Waals surface area contributed by atoms with Crippen molar-refractivity contribution in [2.45, 2.75) is 31.7 Å². The van der Waals surface area contributed by atoms with Gasteiger partial charge in [-0.2, -0.15) is 0 Å². The first-order valence-corrected chi connectivity index (χ1v) is 8.28. The fourth-order valence-corrected chi connectivity index (χ4v) is 3.35. The van der Waals surface area contributed by atoms with Gasteiger partial charge in [0.25, 0.3) is 0 Å². The van der Waals surface area contributed by atoms with Crippen molar-refractivity contribution < 1.29 is 0 Å². The summed E-state index contributed by atoms with van der Waals surface area (Å²) in [4.78, 5) is 0. The maximum Gasteiger partial charge on any atom is 0.0636 e. The van der Waals surface area contributed by atoms with Crippen molar-refractivity contribution in [1.29, 1.82) is 0 Å². The molecule has 3 N–H and O–H groups in total. The molecule has 0 aliphatic heterocycles. The van der Waals surface area contributed by atoms with E-state index in [0.29, 0.717) is 6.54 Å². The molecule has 0 spiro atoms. The Labute approximate surface area is 134 Å². The molecule has 0 heterocycles. The summed E-state index contributed by atoms with van der Waals surface area (Å²) in [7, 11) is 0. The topological polar surface area (TPSA) is 38.0 Å². The van der Waals surface area contributed by atoms with E-state index in [1.807, 2.05) is 0 Å². The molecule has 0 aromatic heterocycles. The number of benzene rings is 2. The number of nitrogens with two attached hydrogens (primary N) is 1. The molecule has 1 atom stereocenters. The molecule has 1 fully saturated rings. The van der Waals surface area contributed by atoms with Crippen LogP contribution in [0.25, 0.3) is 0 Å². The van der Waals surface area contributed by atoms with Crippen LogP contribution in [-0.2, 0) is 0 Å². The average molecular weight is 345 g/mol. The second-order valence-electron chi connectivity index (χ2n) is 5.89. The largest absolute Gasteiger partial charge is 0.377 e. The zero-order chi connectivity index (χ0) is 14.8. The number of anilines is 1. The van der Waals surface area contributed by atoms with Crippen molar-refractivity contribution in [3.05, 3.63) is 63.6 Å². The number of halogens is 1. The van der Waals surface area contributed by atoms with Gasteiger partial charge >= 0.3 is 0 Å². The van der Waals surface area contributed by atoms with Gasteiger partial charge in [0.05, 0.1) is 6.04 Å². The zero-order valence-electron chi connectivity index (χ0n) is 12.3. The van der Waals surface area contributed by atoms with Crippen LogP contribution in [-0.4, -0.2) is 6.54 Å². The molecule has 0 radical (unpaired) electrons. The van der Waals surface area contributed by atoms with Crippen LogP contribution in [0.15, 0.2) is 46.9 Å². The maximum atomic E-state index is 6.00. The highest BCUT2D eigenvalue weighted by molar-refractivity contribution is 9.10. The zero-order valence-corrected chi connectivity index (χ0v) is 13.9. The molecule has 2 aromatic carbocycles. The van der Waals surface area contributed by atoms with Gasteiger partial charge in [-0.1, -0.05) is 40.2 Å². The van der Waals surface area contributed by atoms with E-state index in [4.69, 9.17) is 5.73 Å². The summed E-state index contributed by atoms with van der Waals surface area (Å²) in [6.45, 7) is 2.68. The first kappa shape index (κ1) is 14.6. The van der Waals surface area contributed by atoms with Crippen molar-refractivity contribution in [3.8, 4) is 0 Å². The highest BCUT2D eigenvalue weighted by atomic mass is 79.9. The molecule has 2 nitrogen and oxygen atoms in total. The third-order valence-electron chi connectivity index (χ3n) is 3.98. The fraction of sp³-hybridized carbons (Fsp3) is 0.333. The second-order valence-corrected chi connectivity index (χ2v) is 6.81. The van der Waals surface area contributed by atoms with E-state index in [2.05, 4.69) is 70.6 Å². The van der Waals surface area contributed by atoms with E-state index in [-0.39, 0.29) is 6.04 Å². The van der Waals surface area contributed by atoms with E-state index in [1.54, 1.807) is 0 Å². The van der Waals surface area contributed by atoms with Gasteiger partial charge in [-0.25, -0.2) is 0 Å². The van der Waals surface area contributed by atoms with Crippen LogP contribution < -0.4 is 11.1 Å². The van der Waals surface area contributed by atoms with Crippen molar-refractivity contribution in [1.82, 2.24) is 0 Å². The van der Waals surface area contributed by atoms with Gasteiger partial charge in [-0.05, 0) is 60.6 Å². The summed E-state index contributed by atoms with van der Waals surface area (Å²) in [5.41, 5.74) is 11.1. The summed E-state index contributed by atoms with van der Waals surface area (Å²) in [5, 5.41) is 3.56. The van der Waals surface area contributed by atoms with Gasteiger partial charge in [0.15, 0.2) is 0 Å². The van der Waals surface area contributed by atoms with Gasteiger partial charge in [0.1, 0.15) is 0 Å². The first-order chi connectivity index (χ1) is 10.2. The average Bonchev–Trinajstić information content (AvgIpc) is 3.28. The minimum absolute atomic E-state index is 0.150. The van der Waals surface area contributed by atoms with Crippen molar-refractivity contribution in [2.75, 3.05) is 11.9 Å². The van der Waals surface area contributed by atoms with Gasteiger partial charge in [0, 0.05) is 16.7 Å². The summed E-state index contributed by atoms with van der Waals surface area (Å²) in [6.07, 6.45) is 2.66. The first-order valence-electron chi connectivity index (χ1n) is 7.49. The molecule has 1 unspecified atom stereocenters. The molecular formula is C18H21BrN2. The van der Waals surface area contributed by atoms with E-state index in [1.165, 1.54) is 29.5 Å². The summed E-state index contributed by atoms with van der Waals surface area (Å²) < 4.78 is 1.09. The lowest BCUT2D eigenvalue weighted by Crippen LogP contribution is -2.20. The smallest absolute Gasteiger partial charge is 0.0636 e. The third-order valence-corrected chi connectivity index (χ3v) is 4.44. The van der Waals surface area contributed by atoms with E-state index < -0.39 is 0 Å². The summed E-state index contributed by atoms with van der Waals surface area (Å²) in [5.74, 6) is 0.775. The molecule has 21 heavy (non-hydrogen) atoms. The molecule has 2 aromatic rings. The minimum atomic E-state index is 0.150. The van der Waals surface area contributed by atoms with Crippen molar-refractivity contribution >= 4 is 21.6 Å². The molecule has 110 valence electrons. The van der Waals surface area contributed by atoms with Crippen LogP contribution in [0, 0.1) is 6.92 Å². The Morgan fingerprint density at radius 2 is 2.05 bits per heavy atom. The molecular weight excluding hydrogens is 324 g/mol. The van der Waals surface area contributed by atoms with Crippen LogP contribution >= 0.6 is 15.9 Å². The van der Waals surface area contributed by atoms with Crippen LogP contribution in [0.4, 0.5) is 5.69 Å². The highest BCUT2D eigenvalue weighted by Crippen LogP contribution is 2.40. The third kappa shape index (κ3) is 3.66. The Bertz CT molecular complexity index is 615. The fourth-order valence-electron chi connectivity index (χ4n) is 2.75. The number of aryl methyl sites for hydroxylation is 1. The van der Waals surface area contributed by atoms with Crippen LogP contribution in [0.1, 0.15) is 41.5 Å². The summed E-state index contributed by atoms with van der Waals surface area (Å²) >= 11 is 3.55. The number of nitrogens with one attached hydrogen (secondary N) is 1. The Hall–Kier alpha value is -1.32. The number of hydrogen-bond acceptors (Lipinski definition) is 2. The molecule has 3 heteroatoms. The van der Waals surface area contributed by atoms with Gasteiger partial charge in [0.2, 0.25) is 0 Å². The van der Waals surface area contributed by atoms with Crippen LogP contribution in [0.3, 0.4) is 0 Å². The Morgan fingerprint density at radius 1 is 1.24 bits per heavy atom. The van der Waals surface area contributed by atoms with E-state index in [0.717, 1.165) is 16.1 Å². The molecule has 1 saturated carbocycles. The Kier molecular flexibility index (Phi) is 4.32. The van der Waals surface area contributed by atoms with Crippen LogP contribution in [0.5, 0.6) is 0 Å². The van der Waals surface area contributed by atoms with E-state index >= 15 is 0 Å². The van der Waals surface area contributed by atoms with Crippen molar-refractivity contribution in [2.24, 2.45) is 5.73 Å². The van der Waals surface area contributed by atoms with E-state index in [9.17, 15) is 0 Å². The number of hydrogen-bond donors (Lipinski definition) is 2. The standard InChI is InChI=1S/C18H21BrN2/c1-12-7-16(19)10-17(8-12)21-18(11-20)15-4-2-3-14(9-15)13-5-6-13/h2-4,7-10,13,18,21H,5-6,11,20H2,1H3. The predicted molar refractivity (Wildman–Crippen MR) is 92.7 cm³/mol. The van der Waals surface area contributed by atoms with Gasteiger partial charge in [-0.15, -0.1) is 0 Å². The molecule has 0 saturated heterocycles. The lowest BCUT2D eigenvalue weighted by molar-refractivity contribution is 0.787. The SMILES string of the molecule is Cc1cc(Br)cc(NC(CN)c2cccc(C3CC3)c2)c1. The lowest BCUT2D eigenvalue weighted by atomic mass is 10.0. The quantitative estimate of drug-likeness (QED) is 0.821. The second kappa shape index (κ2) is 6.20. The van der Waals surface area contributed by atoms with Gasteiger partial charge in [-0.3, -0.25) is 0 Å². The Balaban J connectivity index is 1.82. The Morgan fingerprint density at radius 3 is 2.71 bits per heavy atom. The summed E-state index contributed by atoms with van der Waals surface area (Å²) in [6, 6.07) is 15.4. The minimum Gasteiger partial charge on any atom is -0.377 e. The molecule has 3 rings (SSSR count). The maximum absolute atomic E-state index is 6.00. The lowest BCUT2D eigenvalue weighted by Gasteiger charge is -2.20. The molecule has 0 amide bonds. The van der Waals surface area contributed by atoms with Crippen LogP contribution in [0.2, 0.25) is 0 Å². The molecule has 1 aliphatic rings.